The molecule has 0 aliphatic heterocycles. The maximum atomic E-state index is 12.3. The summed E-state index contributed by atoms with van der Waals surface area (Å²) in [5.41, 5.74) is 8.58. The first kappa shape index (κ1) is 13.1. The Kier molecular flexibility index (Phi) is 3.19. The van der Waals surface area contributed by atoms with Crippen molar-refractivity contribution in [2.24, 2.45) is 0 Å². The summed E-state index contributed by atoms with van der Waals surface area (Å²) in [7, 11) is -3.54. The van der Waals surface area contributed by atoms with E-state index in [2.05, 4.69) is 9.71 Å². The number of benzene rings is 1. The molecular formula is C14H15N3O2S. The Morgan fingerprint density at radius 3 is 2.90 bits per heavy atom. The van der Waals surface area contributed by atoms with Crippen LogP contribution >= 0.6 is 0 Å². The van der Waals surface area contributed by atoms with E-state index in [-0.39, 0.29) is 10.9 Å². The summed E-state index contributed by atoms with van der Waals surface area (Å²) in [5.74, 6) is 0. The third kappa shape index (κ3) is 2.39. The van der Waals surface area contributed by atoms with Gasteiger partial charge in [-0.05, 0) is 48.2 Å². The van der Waals surface area contributed by atoms with Gasteiger partial charge >= 0.3 is 0 Å². The van der Waals surface area contributed by atoms with Crippen LogP contribution in [0.5, 0.6) is 0 Å². The topological polar surface area (TPSA) is 85.1 Å². The number of hydrogen-bond acceptors (Lipinski definition) is 4. The lowest BCUT2D eigenvalue weighted by Crippen LogP contribution is -2.27. The standard InChI is InChI=1S/C14H15N3O2S/c15-11-4-5-13-10(8-11)3-6-14(13)17-20(18,19)12-2-1-7-16-9-12/h1-2,4-5,7-9,14,17H,3,6,15H2. The van der Waals surface area contributed by atoms with Crippen LogP contribution in [0.3, 0.4) is 0 Å². The molecule has 0 amide bonds. The second-order valence-electron chi connectivity index (χ2n) is 4.86. The minimum atomic E-state index is -3.54. The van der Waals surface area contributed by atoms with E-state index in [4.69, 9.17) is 5.73 Å². The highest BCUT2D eigenvalue weighted by Crippen LogP contribution is 2.33. The van der Waals surface area contributed by atoms with Gasteiger partial charge in [0.25, 0.3) is 0 Å². The van der Waals surface area contributed by atoms with Gasteiger partial charge < -0.3 is 5.73 Å². The van der Waals surface area contributed by atoms with E-state index in [0.717, 1.165) is 24.0 Å². The predicted octanol–water partition coefficient (Wildman–Crippen LogP) is 1.63. The third-order valence-electron chi connectivity index (χ3n) is 3.49. The fraction of sp³-hybridized carbons (Fsp3) is 0.214. The van der Waals surface area contributed by atoms with Crippen LogP contribution in [0.25, 0.3) is 0 Å². The zero-order valence-electron chi connectivity index (χ0n) is 10.8. The fourth-order valence-corrected chi connectivity index (χ4v) is 3.73. The van der Waals surface area contributed by atoms with E-state index in [1.165, 1.54) is 12.3 Å². The summed E-state index contributed by atoms with van der Waals surface area (Å²) in [4.78, 5) is 4.03. The molecule has 5 nitrogen and oxygen atoms in total. The van der Waals surface area contributed by atoms with Crippen molar-refractivity contribution in [1.29, 1.82) is 0 Å². The molecule has 0 saturated carbocycles. The Balaban J connectivity index is 1.88. The van der Waals surface area contributed by atoms with Gasteiger partial charge in [0.2, 0.25) is 10.0 Å². The normalized spacial score (nSPS) is 17.9. The van der Waals surface area contributed by atoms with Crippen LogP contribution in [0.1, 0.15) is 23.6 Å². The van der Waals surface area contributed by atoms with Gasteiger partial charge in [-0.3, -0.25) is 4.98 Å². The minimum Gasteiger partial charge on any atom is -0.399 e. The van der Waals surface area contributed by atoms with Crippen molar-refractivity contribution < 1.29 is 8.42 Å². The maximum Gasteiger partial charge on any atom is 0.242 e. The summed E-state index contributed by atoms with van der Waals surface area (Å²) in [6.45, 7) is 0. The summed E-state index contributed by atoms with van der Waals surface area (Å²) in [5, 5.41) is 0. The van der Waals surface area contributed by atoms with Gasteiger partial charge in [-0.25, -0.2) is 13.1 Å². The van der Waals surface area contributed by atoms with E-state index >= 15 is 0 Å². The Morgan fingerprint density at radius 2 is 2.15 bits per heavy atom. The van der Waals surface area contributed by atoms with Gasteiger partial charge in [-0.2, -0.15) is 0 Å². The molecule has 20 heavy (non-hydrogen) atoms. The van der Waals surface area contributed by atoms with Crippen LogP contribution in [-0.2, 0) is 16.4 Å². The monoisotopic (exact) mass is 289 g/mol. The van der Waals surface area contributed by atoms with E-state index in [1.54, 1.807) is 18.3 Å². The molecule has 104 valence electrons. The number of fused-ring (bicyclic) bond motifs is 1. The molecule has 1 heterocycles. The number of hydrogen-bond donors (Lipinski definition) is 2. The van der Waals surface area contributed by atoms with Crippen molar-refractivity contribution >= 4 is 15.7 Å². The zero-order valence-corrected chi connectivity index (χ0v) is 11.6. The number of aromatic nitrogens is 1. The zero-order chi connectivity index (χ0) is 14.2. The van der Waals surface area contributed by atoms with Crippen molar-refractivity contribution in [2.45, 2.75) is 23.8 Å². The molecule has 3 rings (SSSR count). The van der Waals surface area contributed by atoms with Gasteiger partial charge in [0.05, 0.1) is 0 Å². The first-order valence-corrected chi connectivity index (χ1v) is 7.85. The highest BCUT2D eigenvalue weighted by atomic mass is 32.2. The average Bonchev–Trinajstić information content (AvgIpc) is 2.81. The molecule has 0 radical (unpaired) electrons. The van der Waals surface area contributed by atoms with Crippen molar-refractivity contribution in [3.05, 3.63) is 53.9 Å². The van der Waals surface area contributed by atoms with Crippen LogP contribution in [0, 0.1) is 0 Å². The molecule has 3 N–H and O–H groups in total. The molecule has 1 atom stereocenters. The number of rotatable bonds is 3. The van der Waals surface area contributed by atoms with E-state index in [9.17, 15) is 8.42 Å². The minimum absolute atomic E-state index is 0.184. The van der Waals surface area contributed by atoms with Gasteiger partial charge in [0.1, 0.15) is 4.90 Å². The highest BCUT2D eigenvalue weighted by molar-refractivity contribution is 7.89. The SMILES string of the molecule is Nc1ccc2c(c1)CCC2NS(=O)(=O)c1cccnc1. The van der Waals surface area contributed by atoms with Gasteiger partial charge in [-0.15, -0.1) is 0 Å². The summed E-state index contributed by atoms with van der Waals surface area (Å²) >= 11 is 0. The van der Waals surface area contributed by atoms with E-state index in [0.29, 0.717) is 5.69 Å². The van der Waals surface area contributed by atoms with E-state index < -0.39 is 10.0 Å². The van der Waals surface area contributed by atoms with Crippen molar-refractivity contribution in [1.82, 2.24) is 9.71 Å². The van der Waals surface area contributed by atoms with Crippen molar-refractivity contribution in [2.75, 3.05) is 5.73 Å². The number of sulfonamides is 1. The molecule has 6 heteroatoms. The molecule has 1 unspecified atom stereocenters. The molecule has 1 aromatic heterocycles. The second kappa shape index (κ2) is 4.88. The van der Waals surface area contributed by atoms with Crippen LogP contribution in [0.15, 0.2) is 47.6 Å². The van der Waals surface area contributed by atoms with E-state index in [1.807, 2.05) is 12.1 Å². The Morgan fingerprint density at radius 1 is 1.30 bits per heavy atom. The number of nitrogens with two attached hydrogens (primary N) is 1. The molecule has 0 saturated heterocycles. The molecule has 0 spiro atoms. The molecule has 2 aromatic rings. The van der Waals surface area contributed by atoms with Crippen LogP contribution in [0.4, 0.5) is 5.69 Å². The molecule has 0 bridgehead atoms. The quantitative estimate of drug-likeness (QED) is 0.841. The third-order valence-corrected chi connectivity index (χ3v) is 4.94. The summed E-state index contributed by atoms with van der Waals surface area (Å²) in [6, 6.07) is 8.56. The molecular weight excluding hydrogens is 274 g/mol. The number of nitrogens with one attached hydrogen (secondary N) is 1. The first-order chi connectivity index (χ1) is 9.56. The summed E-state index contributed by atoms with van der Waals surface area (Å²) < 4.78 is 27.3. The predicted molar refractivity (Wildman–Crippen MR) is 76.5 cm³/mol. The lowest BCUT2D eigenvalue weighted by molar-refractivity contribution is 0.554. The number of aryl methyl sites for hydroxylation is 1. The van der Waals surface area contributed by atoms with Crippen LogP contribution < -0.4 is 10.5 Å². The molecule has 1 aromatic carbocycles. The van der Waals surface area contributed by atoms with Crippen molar-refractivity contribution in [3.8, 4) is 0 Å². The fourth-order valence-electron chi connectivity index (χ4n) is 2.52. The van der Waals surface area contributed by atoms with Crippen LogP contribution in [-0.4, -0.2) is 13.4 Å². The highest BCUT2D eigenvalue weighted by Gasteiger charge is 2.27. The van der Waals surface area contributed by atoms with Gasteiger partial charge in [0, 0.05) is 24.1 Å². The lowest BCUT2D eigenvalue weighted by atomic mass is 10.1. The first-order valence-electron chi connectivity index (χ1n) is 6.37. The maximum absolute atomic E-state index is 12.3. The molecule has 1 aliphatic carbocycles. The van der Waals surface area contributed by atoms with Gasteiger partial charge in [-0.1, -0.05) is 6.07 Å². The lowest BCUT2D eigenvalue weighted by Gasteiger charge is -2.14. The Hall–Kier alpha value is -1.92. The number of anilines is 1. The van der Waals surface area contributed by atoms with Crippen LogP contribution in [0.2, 0.25) is 0 Å². The Labute approximate surface area is 117 Å². The number of pyridine rings is 1. The largest absolute Gasteiger partial charge is 0.399 e. The molecule has 1 aliphatic rings. The van der Waals surface area contributed by atoms with Crippen molar-refractivity contribution in [3.63, 3.8) is 0 Å². The second-order valence-corrected chi connectivity index (χ2v) is 6.57. The molecule has 0 fully saturated rings. The Bertz CT molecular complexity index is 729. The smallest absolute Gasteiger partial charge is 0.242 e. The number of nitrogen functional groups attached to an aromatic ring is 1. The number of nitrogens with zero attached hydrogens (tertiary/aromatic N) is 1. The summed E-state index contributed by atoms with van der Waals surface area (Å²) in [6.07, 6.45) is 4.48. The van der Waals surface area contributed by atoms with Gasteiger partial charge in [0.15, 0.2) is 0 Å². The average molecular weight is 289 g/mol.